The summed E-state index contributed by atoms with van der Waals surface area (Å²) < 4.78 is 16.6. The lowest BCUT2D eigenvalue weighted by molar-refractivity contribution is 0.523. The summed E-state index contributed by atoms with van der Waals surface area (Å²) in [7, 11) is 0. The Hall–Kier alpha value is -1.24. The Bertz CT molecular complexity index is 541. The second kappa shape index (κ2) is 5.60. The van der Waals surface area contributed by atoms with Crippen LogP contribution in [-0.2, 0) is 6.54 Å². The molecule has 0 aliphatic heterocycles. The fourth-order valence-corrected chi connectivity index (χ4v) is 2.27. The zero-order valence-electron chi connectivity index (χ0n) is 9.90. The summed E-state index contributed by atoms with van der Waals surface area (Å²) >= 11 is 3.33. The van der Waals surface area contributed by atoms with Gasteiger partial charge in [-0.05, 0) is 25.1 Å². The van der Waals surface area contributed by atoms with Crippen LogP contribution in [0.1, 0.15) is 24.4 Å². The lowest BCUT2D eigenvalue weighted by Gasteiger charge is -2.18. The van der Waals surface area contributed by atoms with E-state index in [-0.39, 0.29) is 5.82 Å². The number of halogens is 2. The second-order valence-electron chi connectivity index (χ2n) is 3.84. The van der Waals surface area contributed by atoms with Crippen LogP contribution in [0.5, 0.6) is 0 Å². The van der Waals surface area contributed by atoms with E-state index in [4.69, 9.17) is 5.84 Å². The molecule has 0 aliphatic rings. The molecule has 0 bridgehead atoms. The Balaban J connectivity index is 2.48. The van der Waals surface area contributed by atoms with E-state index < -0.39 is 6.04 Å². The standard InChI is InChI=1S/C12H14BrFN4/c1-2-18-6-5-16-12(18)11(17-15)9-7-8(13)3-4-10(9)14/h3-7,11,17H,2,15H2,1H3. The predicted octanol–water partition coefficient (Wildman–Crippen LogP) is 2.36. The SMILES string of the molecule is CCn1ccnc1C(NN)c1cc(Br)ccc1F. The van der Waals surface area contributed by atoms with Gasteiger partial charge in [0.25, 0.3) is 0 Å². The summed E-state index contributed by atoms with van der Waals surface area (Å²) in [6, 6.07) is 4.29. The summed E-state index contributed by atoms with van der Waals surface area (Å²) in [6.45, 7) is 2.75. The number of hydrogen-bond acceptors (Lipinski definition) is 3. The molecule has 1 atom stereocenters. The van der Waals surface area contributed by atoms with Gasteiger partial charge < -0.3 is 4.57 Å². The third kappa shape index (κ3) is 2.45. The fraction of sp³-hybridized carbons (Fsp3) is 0.250. The number of hydrogen-bond donors (Lipinski definition) is 2. The van der Waals surface area contributed by atoms with Crippen molar-refractivity contribution >= 4 is 15.9 Å². The van der Waals surface area contributed by atoms with Crippen LogP contribution in [0, 0.1) is 5.82 Å². The Morgan fingerprint density at radius 2 is 2.33 bits per heavy atom. The number of aryl methyl sites for hydroxylation is 1. The summed E-state index contributed by atoms with van der Waals surface area (Å²) in [6.07, 6.45) is 3.52. The predicted molar refractivity (Wildman–Crippen MR) is 71.2 cm³/mol. The minimum atomic E-state index is -0.475. The molecule has 96 valence electrons. The van der Waals surface area contributed by atoms with Gasteiger partial charge in [0.1, 0.15) is 17.7 Å². The highest BCUT2D eigenvalue weighted by Gasteiger charge is 2.21. The molecule has 0 saturated heterocycles. The van der Waals surface area contributed by atoms with Crippen molar-refractivity contribution in [1.29, 1.82) is 0 Å². The topological polar surface area (TPSA) is 55.9 Å². The quantitative estimate of drug-likeness (QED) is 0.673. The van der Waals surface area contributed by atoms with Gasteiger partial charge in [-0.2, -0.15) is 0 Å². The Labute approximate surface area is 113 Å². The first-order valence-corrected chi connectivity index (χ1v) is 6.38. The number of rotatable bonds is 4. The largest absolute Gasteiger partial charge is 0.334 e. The molecule has 4 nitrogen and oxygen atoms in total. The van der Waals surface area contributed by atoms with Crippen molar-refractivity contribution in [3.63, 3.8) is 0 Å². The maximum absolute atomic E-state index is 13.9. The number of benzene rings is 1. The Morgan fingerprint density at radius 3 is 3.00 bits per heavy atom. The summed E-state index contributed by atoms with van der Waals surface area (Å²) in [5.41, 5.74) is 3.08. The highest BCUT2D eigenvalue weighted by atomic mass is 79.9. The highest BCUT2D eigenvalue weighted by Crippen LogP contribution is 2.25. The molecule has 3 N–H and O–H groups in total. The highest BCUT2D eigenvalue weighted by molar-refractivity contribution is 9.10. The molecule has 1 aromatic heterocycles. The molecule has 1 aromatic carbocycles. The summed E-state index contributed by atoms with van der Waals surface area (Å²) in [5, 5.41) is 0. The Kier molecular flexibility index (Phi) is 4.11. The van der Waals surface area contributed by atoms with E-state index in [2.05, 4.69) is 26.3 Å². The van der Waals surface area contributed by atoms with Crippen LogP contribution in [0.3, 0.4) is 0 Å². The van der Waals surface area contributed by atoms with Crippen LogP contribution in [0.25, 0.3) is 0 Å². The zero-order valence-corrected chi connectivity index (χ0v) is 11.5. The molecule has 18 heavy (non-hydrogen) atoms. The second-order valence-corrected chi connectivity index (χ2v) is 4.75. The fourth-order valence-electron chi connectivity index (χ4n) is 1.89. The van der Waals surface area contributed by atoms with Gasteiger partial charge in [0.05, 0.1) is 0 Å². The number of nitrogens with two attached hydrogens (primary N) is 1. The smallest absolute Gasteiger partial charge is 0.131 e. The molecule has 6 heteroatoms. The van der Waals surface area contributed by atoms with Gasteiger partial charge in [-0.25, -0.2) is 14.8 Å². The average Bonchev–Trinajstić information content (AvgIpc) is 2.83. The maximum atomic E-state index is 13.9. The van der Waals surface area contributed by atoms with Gasteiger partial charge in [-0.3, -0.25) is 5.84 Å². The molecule has 2 rings (SSSR count). The number of hydrazine groups is 1. The van der Waals surface area contributed by atoms with E-state index >= 15 is 0 Å². The molecule has 0 aliphatic carbocycles. The van der Waals surface area contributed by atoms with E-state index in [0.29, 0.717) is 11.4 Å². The zero-order chi connectivity index (χ0) is 13.1. The number of nitrogens with zero attached hydrogens (tertiary/aromatic N) is 2. The van der Waals surface area contributed by atoms with Crippen molar-refractivity contribution in [3.8, 4) is 0 Å². The molecule has 0 spiro atoms. The van der Waals surface area contributed by atoms with Crippen LogP contribution in [0.15, 0.2) is 35.1 Å². The van der Waals surface area contributed by atoms with Gasteiger partial charge in [-0.1, -0.05) is 15.9 Å². The van der Waals surface area contributed by atoms with Crippen molar-refractivity contribution in [2.45, 2.75) is 19.5 Å². The van der Waals surface area contributed by atoms with Crippen LogP contribution in [0.4, 0.5) is 4.39 Å². The van der Waals surface area contributed by atoms with Gasteiger partial charge in [0.2, 0.25) is 0 Å². The summed E-state index contributed by atoms with van der Waals surface area (Å²) in [5.74, 6) is 5.93. The number of nitrogens with one attached hydrogen (secondary N) is 1. The van der Waals surface area contributed by atoms with Crippen molar-refractivity contribution in [2.24, 2.45) is 5.84 Å². The van der Waals surface area contributed by atoms with Crippen molar-refractivity contribution in [1.82, 2.24) is 15.0 Å². The van der Waals surface area contributed by atoms with E-state index in [1.165, 1.54) is 6.07 Å². The van der Waals surface area contributed by atoms with Gasteiger partial charge in [-0.15, -0.1) is 0 Å². The van der Waals surface area contributed by atoms with Crippen LogP contribution < -0.4 is 11.3 Å². The number of aromatic nitrogens is 2. The molecule has 0 amide bonds. The molecule has 0 radical (unpaired) electrons. The molecule has 0 saturated carbocycles. The lowest BCUT2D eigenvalue weighted by atomic mass is 10.1. The maximum Gasteiger partial charge on any atom is 0.131 e. The molecule has 0 fully saturated rings. The van der Waals surface area contributed by atoms with Crippen molar-refractivity contribution in [3.05, 3.63) is 52.3 Å². The lowest BCUT2D eigenvalue weighted by Crippen LogP contribution is -2.31. The minimum absolute atomic E-state index is 0.313. The third-order valence-corrected chi connectivity index (χ3v) is 3.28. The van der Waals surface area contributed by atoms with Crippen LogP contribution in [-0.4, -0.2) is 9.55 Å². The third-order valence-electron chi connectivity index (χ3n) is 2.78. The van der Waals surface area contributed by atoms with Gasteiger partial charge in [0, 0.05) is 29.0 Å². The van der Waals surface area contributed by atoms with Gasteiger partial charge in [0.15, 0.2) is 0 Å². The monoisotopic (exact) mass is 312 g/mol. The van der Waals surface area contributed by atoms with E-state index in [9.17, 15) is 4.39 Å². The first-order chi connectivity index (χ1) is 8.67. The minimum Gasteiger partial charge on any atom is -0.334 e. The van der Waals surface area contributed by atoms with Crippen LogP contribution >= 0.6 is 15.9 Å². The Morgan fingerprint density at radius 1 is 1.56 bits per heavy atom. The molecular formula is C12H14BrFN4. The van der Waals surface area contributed by atoms with Crippen molar-refractivity contribution in [2.75, 3.05) is 0 Å². The first-order valence-electron chi connectivity index (χ1n) is 5.59. The molecule has 1 heterocycles. The van der Waals surface area contributed by atoms with Crippen molar-refractivity contribution < 1.29 is 4.39 Å². The normalized spacial score (nSPS) is 12.7. The first kappa shape index (κ1) is 13.2. The van der Waals surface area contributed by atoms with E-state index in [0.717, 1.165) is 11.0 Å². The molecule has 1 unspecified atom stereocenters. The number of imidazole rings is 1. The van der Waals surface area contributed by atoms with E-state index in [1.807, 2.05) is 17.7 Å². The van der Waals surface area contributed by atoms with Crippen LogP contribution in [0.2, 0.25) is 0 Å². The summed E-state index contributed by atoms with van der Waals surface area (Å²) in [4.78, 5) is 4.24. The molecular weight excluding hydrogens is 299 g/mol. The van der Waals surface area contributed by atoms with E-state index in [1.54, 1.807) is 18.3 Å². The average molecular weight is 313 g/mol. The molecule has 2 aromatic rings. The van der Waals surface area contributed by atoms with Gasteiger partial charge >= 0.3 is 0 Å².